The predicted octanol–water partition coefficient (Wildman–Crippen LogP) is 4.90. The molecule has 0 aliphatic rings. The zero-order valence-corrected chi connectivity index (χ0v) is 21.1. The van der Waals surface area contributed by atoms with Gasteiger partial charge in [-0.3, -0.25) is 19.1 Å². The second-order valence-electron chi connectivity index (χ2n) is 8.30. The van der Waals surface area contributed by atoms with Gasteiger partial charge in [-0.25, -0.2) is 9.45 Å². The number of ketones is 1. The fraction of sp³-hybridized carbons (Fsp3) is 0.870. The van der Waals surface area contributed by atoms with Gasteiger partial charge in [-0.15, -0.1) is 0 Å². The monoisotopic (exact) mass is 495 g/mol. The number of unbranched alkanes of at least 4 members (excludes halogenated alkanes) is 11. The molecule has 0 aromatic rings. The van der Waals surface area contributed by atoms with E-state index in [1.165, 1.54) is 44.9 Å². The highest BCUT2D eigenvalue weighted by Gasteiger charge is 2.31. The lowest BCUT2D eigenvalue weighted by atomic mass is 10.0. The largest absolute Gasteiger partial charge is 0.473 e. The number of phosphoric ester groups is 1. The van der Waals surface area contributed by atoms with Gasteiger partial charge in [0.25, 0.3) is 0 Å². The van der Waals surface area contributed by atoms with Gasteiger partial charge >= 0.3 is 7.82 Å². The van der Waals surface area contributed by atoms with E-state index in [2.05, 4.69) is 28.5 Å². The van der Waals surface area contributed by atoms with Crippen molar-refractivity contribution in [2.45, 2.75) is 109 Å². The van der Waals surface area contributed by atoms with Crippen molar-refractivity contribution in [3.63, 3.8) is 0 Å². The predicted molar refractivity (Wildman–Crippen MR) is 129 cm³/mol. The molecule has 0 saturated carbocycles. The number of aliphatic hydroxyl groups is 1. The Labute approximate surface area is 199 Å². The molecule has 33 heavy (non-hydrogen) atoms. The van der Waals surface area contributed by atoms with E-state index in [-0.39, 0.29) is 18.7 Å². The molecule has 10 heteroatoms. The molecule has 0 heterocycles. The maximum absolute atomic E-state index is 12.2. The number of rotatable bonds is 24. The summed E-state index contributed by atoms with van der Waals surface area (Å²) in [5, 5.41) is 17.3. The third-order valence-electron chi connectivity index (χ3n) is 5.29. The van der Waals surface area contributed by atoms with E-state index in [0.717, 1.165) is 32.1 Å². The lowest BCUT2D eigenvalue weighted by Gasteiger charge is -2.20. The van der Waals surface area contributed by atoms with Crippen LogP contribution in [0.1, 0.15) is 96.8 Å². The fourth-order valence-corrected chi connectivity index (χ4v) is 4.19. The Hall–Kier alpha value is -0.640. The van der Waals surface area contributed by atoms with Crippen LogP contribution in [0.25, 0.3) is 0 Å². The number of carbonyl (C=O) groups is 1. The zero-order chi connectivity index (χ0) is 24.8. The second-order valence-corrected chi connectivity index (χ2v) is 9.71. The first-order valence-corrected chi connectivity index (χ1v) is 13.8. The Kier molecular flexibility index (Phi) is 21.4. The molecule has 0 aliphatic carbocycles. The maximum atomic E-state index is 12.2. The number of carbonyl (C=O) groups excluding carboxylic acids is 1. The second kappa shape index (κ2) is 21.9. The van der Waals surface area contributed by atoms with Crippen LogP contribution in [0.15, 0.2) is 12.2 Å². The number of hydrogen-bond donors (Lipinski definition) is 4. The number of nitrogens with two attached hydrogens (primary N) is 1. The van der Waals surface area contributed by atoms with E-state index in [9.17, 15) is 14.3 Å². The molecule has 0 rings (SSSR count). The Morgan fingerprint density at radius 2 is 1.52 bits per heavy atom. The van der Waals surface area contributed by atoms with Gasteiger partial charge in [0.2, 0.25) is 0 Å². The zero-order valence-electron chi connectivity index (χ0n) is 20.2. The molecule has 0 aromatic carbocycles. The van der Waals surface area contributed by atoms with Crippen molar-refractivity contribution >= 4 is 13.6 Å². The van der Waals surface area contributed by atoms with Crippen LogP contribution in [0.2, 0.25) is 0 Å². The number of hydrogen-bond acceptors (Lipinski definition) is 8. The third-order valence-corrected chi connectivity index (χ3v) is 6.29. The molecule has 2 unspecified atom stereocenters. The molecule has 0 saturated heterocycles. The van der Waals surface area contributed by atoms with Gasteiger partial charge in [-0.05, 0) is 32.1 Å². The molecular weight excluding hydrogens is 449 g/mol. The van der Waals surface area contributed by atoms with Crippen LogP contribution < -0.4 is 5.73 Å². The molecule has 0 aromatic heterocycles. The van der Waals surface area contributed by atoms with Crippen LogP contribution in [-0.2, 0) is 23.3 Å². The van der Waals surface area contributed by atoms with E-state index in [1.807, 2.05) is 0 Å². The molecule has 0 fully saturated rings. The Morgan fingerprint density at radius 3 is 2.03 bits per heavy atom. The highest BCUT2D eigenvalue weighted by Crippen LogP contribution is 2.44. The molecule has 0 bridgehead atoms. The fourth-order valence-electron chi connectivity index (χ4n) is 3.25. The van der Waals surface area contributed by atoms with E-state index < -0.39 is 33.2 Å². The summed E-state index contributed by atoms with van der Waals surface area (Å²) in [4.78, 5) is 25.8. The van der Waals surface area contributed by atoms with Crippen LogP contribution in [0.5, 0.6) is 0 Å². The van der Waals surface area contributed by atoms with Crippen molar-refractivity contribution in [3.8, 4) is 0 Å². The summed E-state index contributed by atoms with van der Waals surface area (Å²) in [5.74, 6) is -0.356. The van der Waals surface area contributed by atoms with Crippen LogP contribution in [0.4, 0.5) is 0 Å². The number of phosphoric acid groups is 1. The van der Waals surface area contributed by atoms with Gasteiger partial charge in [0.1, 0.15) is 12.2 Å². The van der Waals surface area contributed by atoms with Crippen LogP contribution in [0.3, 0.4) is 0 Å². The van der Waals surface area contributed by atoms with Crippen molar-refractivity contribution in [1.29, 1.82) is 0 Å². The molecular formula is C23H46NO8P. The van der Waals surface area contributed by atoms with Crippen molar-refractivity contribution < 1.29 is 38.6 Å². The summed E-state index contributed by atoms with van der Waals surface area (Å²) in [7, 11) is -4.58. The van der Waals surface area contributed by atoms with Gasteiger partial charge in [0, 0.05) is 13.0 Å². The van der Waals surface area contributed by atoms with Crippen molar-refractivity contribution in [2.75, 3.05) is 19.8 Å². The minimum absolute atomic E-state index is 0.207. The lowest BCUT2D eigenvalue weighted by molar-refractivity contribution is -0.289. The van der Waals surface area contributed by atoms with E-state index in [1.54, 1.807) is 0 Å². The molecule has 3 atom stereocenters. The first-order chi connectivity index (χ1) is 15.9. The summed E-state index contributed by atoms with van der Waals surface area (Å²) in [6, 6.07) is 0. The lowest BCUT2D eigenvalue weighted by Crippen LogP contribution is -2.32. The van der Waals surface area contributed by atoms with Gasteiger partial charge in [-0.1, -0.05) is 70.4 Å². The van der Waals surface area contributed by atoms with Crippen LogP contribution >= 0.6 is 7.82 Å². The molecule has 0 amide bonds. The standard InChI is InChI=1S/C23H46NO8P/c1-2-3-4-5-6-7-8-9-10-11-12-13-14-15-16-17-22(26)23(18-24)32-33(28,29)30-20-21(19-25)31-27/h9-10,21,23,25,27H,2-8,11-20,24H2,1H3,(H,28,29)/b10-9-/t21-,23?/m1/s1. The quantitative estimate of drug-likeness (QED) is 0.0482. The van der Waals surface area contributed by atoms with Gasteiger partial charge < -0.3 is 15.7 Å². The smallest absolute Gasteiger partial charge is 0.393 e. The normalized spacial score (nSPS) is 15.5. The molecule has 5 N–H and O–H groups in total. The summed E-state index contributed by atoms with van der Waals surface area (Å²) in [6.07, 6.45) is 17.3. The molecule has 196 valence electrons. The number of aliphatic hydroxyl groups excluding tert-OH is 1. The van der Waals surface area contributed by atoms with Crippen molar-refractivity contribution in [3.05, 3.63) is 12.2 Å². The molecule has 9 nitrogen and oxygen atoms in total. The highest BCUT2D eigenvalue weighted by molar-refractivity contribution is 7.47. The molecule has 0 aliphatic heterocycles. The summed E-state index contributed by atoms with van der Waals surface area (Å²) < 4.78 is 21.4. The first kappa shape index (κ1) is 32.4. The topological polar surface area (TPSA) is 149 Å². The average Bonchev–Trinajstić information content (AvgIpc) is 2.80. The SMILES string of the molecule is CCCCCCCC/C=C\CCCCCCCC(=O)C(CN)OP(=O)(O)OC[C@@H](CO)OO. The average molecular weight is 496 g/mol. The van der Waals surface area contributed by atoms with E-state index in [4.69, 9.17) is 20.6 Å². The number of Topliss-reactive ketones (excluding diaryl/α,β-unsaturated/α-hetero) is 1. The van der Waals surface area contributed by atoms with Crippen LogP contribution in [0, 0.1) is 0 Å². The highest BCUT2D eigenvalue weighted by atomic mass is 31.2. The van der Waals surface area contributed by atoms with Crippen molar-refractivity contribution in [2.24, 2.45) is 5.73 Å². The van der Waals surface area contributed by atoms with Gasteiger partial charge in [0.15, 0.2) is 5.78 Å². The van der Waals surface area contributed by atoms with E-state index in [0.29, 0.717) is 6.42 Å². The van der Waals surface area contributed by atoms with Gasteiger partial charge in [0.05, 0.1) is 13.2 Å². The summed E-state index contributed by atoms with van der Waals surface area (Å²) >= 11 is 0. The third kappa shape index (κ3) is 19.4. The summed E-state index contributed by atoms with van der Waals surface area (Å²) in [5.41, 5.74) is 5.50. The minimum atomic E-state index is -4.58. The Bertz CT molecular complexity index is 543. The Morgan fingerprint density at radius 1 is 0.970 bits per heavy atom. The minimum Gasteiger partial charge on any atom is -0.393 e. The maximum Gasteiger partial charge on any atom is 0.473 e. The Balaban J connectivity index is 3.83. The van der Waals surface area contributed by atoms with Crippen LogP contribution in [-0.4, -0.2) is 53.0 Å². The van der Waals surface area contributed by atoms with Gasteiger partial charge in [-0.2, -0.15) is 0 Å². The van der Waals surface area contributed by atoms with Crippen molar-refractivity contribution in [1.82, 2.24) is 0 Å². The molecule has 0 radical (unpaired) electrons. The first-order valence-electron chi connectivity index (χ1n) is 12.3. The summed E-state index contributed by atoms with van der Waals surface area (Å²) in [6.45, 7) is 0.780. The number of allylic oxidation sites excluding steroid dienone is 2. The van der Waals surface area contributed by atoms with E-state index >= 15 is 0 Å². The molecule has 0 spiro atoms.